The first-order valence-corrected chi connectivity index (χ1v) is 11.6. The number of likely N-dealkylation sites (tertiary alicyclic amines) is 1. The third kappa shape index (κ3) is 4.81. The van der Waals surface area contributed by atoms with Crippen LogP contribution in [-0.4, -0.2) is 38.9 Å². The fourth-order valence-corrected chi connectivity index (χ4v) is 5.34. The van der Waals surface area contributed by atoms with Crippen molar-refractivity contribution in [1.29, 1.82) is 0 Å². The normalized spacial score (nSPS) is 17.2. The van der Waals surface area contributed by atoms with E-state index in [9.17, 15) is 13.2 Å². The van der Waals surface area contributed by atoms with Crippen molar-refractivity contribution >= 4 is 21.6 Å². The van der Waals surface area contributed by atoms with E-state index in [4.69, 9.17) is 0 Å². The summed E-state index contributed by atoms with van der Waals surface area (Å²) in [6.45, 7) is 9.08. The lowest BCUT2D eigenvalue weighted by atomic mass is 10.0. The lowest BCUT2D eigenvalue weighted by molar-refractivity contribution is -0.131. The number of carbonyl (C=O) groups is 1. The Labute approximate surface area is 174 Å². The molecular weight excluding hydrogens is 384 g/mol. The minimum absolute atomic E-state index is 0.146. The Morgan fingerprint density at radius 1 is 1.07 bits per heavy atom. The van der Waals surface area contributed by atoms with E-state index in [1.54, 1.807) is 35.2 Å². The average Bonchev–Trinajstić information content (AvgIpc) is 2.67. The van der Waals surface area contributed by atoms with Gasteiger partial charge in [0.15, 0.2) is 0 Å². The molecule has 1 aliphatic heterocycles. The van der Waals surface area contributed by atoms with Crippen LogP contribution in [-0.2, 0) is 14.8 Å². The van der Waals surface area contributed by atoms with Crippen molar-refractivity contribution in [3.05, 3.63) is 59.2 Å². The first-order chi connectivity index (χ1) is 13.7. The average molecular weight is 415 g/mol. The first kappa shape index (κ1) is 21.4. The van der Waals surface area contributed by atoms with Crippen molar-refractivity contribution in [3.8, 4) is 0 Å². The predicted octanol–water partition coefficient (Wildman–Crippen LogP) is 4.07. The van der Waals surface area contributed by atoms with Crippen molar-refractivity contribution in [1.82, 2.24) is 4.90 Å². The molecule has 1 fully saturated rings. The van der Waals surface area contributed by atoms with Crippen LogP contribution in [0.2, 0.25) is 0 Å². The molecule has 0 unspecified atom stereocenters. The molecule has 1 aliphatic rings. The molecule has 1 heterocycles. The maximum atomic E-state index is 13.5. The number of hydrogen-bond donors (Lipinski definition) is 0. The van der Waals surface area contributed by atoms with Crippen LogP contribution in [0.5, 0.6) is 0 Å². The SMILES string of the molecule is Cc1ccc(S(=O)(=O)N(CC(=O)N2CCC[C@@H](C)C2)c2ccc(C)cc2C)cc1. The molecule has 0 saturated carbocycles. The topological polar surface area (TPSA) is 57.7 Å². The van der Waals surface area contributed by atoms with Gasteiger partial charge in [0.05, 0.1) is 10.6 Å². The zero-order valence-electron chi connectivity index (χ0n) is 17.7. The second-order valence-corrected chi connectivity index (χ2v) is 10.1. The number of nitrogens with zero attached hydrogens (tertiary/aromatic N) is 2. The lowest BCUT2D eigenvalue weighted by Crippen LogP contribution is -2.46. The molecular formula is C23H30N2O3S. The fourth-order valence-electron chi connectivity index (χ4n) is 3.86. The number of aryl methyl sites for hydroxylation is 3. The number of sulfonamides is 1. The van der Waals surface area contributed by atoms with Gasteiger partial charge in [-0.2, -0.15) is 0 Å². The molecule has 2 aromatic carbocycles. The van der Waals surface area contributed by atoms with Crippen molar-refractivity contribution in [2.24, 2.45) is 5.92 Å². The van der Waals surface area contributed by atoms with Crippen LogP contribution in [0.4, 0.5) is 5.69 Å². The molecule has 0 aromatic heterocycles. The highest BCUT2D eigenvalue weighted by Crippen LogP contribution is 2.28. The van der Waals surface area contributed by atoms with Crippen LogP contribution in [0.15, 0.2) is 47.4 Å². The highest BCUT2D eigenvalue weighted by Gasteiger charge is 2.31. The van der Waals surface area contributed by atoms with Gasteiger partial charge in [-0.05, 0) is 63.3 Å². The van der Waals surface area contributed by atoms with Gasteiger partial charge in [-0.15, -0.1) is 0 Å². The second kappa shape index (κ2) is 8.57. The number of piperidine rings is 1. The highest BCUT2D eigenvalue weighted by atomic mass is 32.2. The van der Waals surface area contributed by atoms with Crippen molar-refractivity contribution in [2.45, 2.75) is 45.4 Å². The monoisotopic (exact) mass is 414 g/mol. The molecule has 0 radical (unpaired) electrons. The van der Waals surface area contributed by atoms with Crippen LogP contribution in [0.25, 0.3) is 0 Å². The largest absolute Gasteiger partial charge is 0.341 e. The standard InChI is InChI=1S/C23H30N2O3S/c1-17-7-10-21(11-8-17)29(27,28)25(22-12-9-18(2)14-20(22)4)16-23(26)24-13-5-6-19(3)15-24/h7-12,14,19H,5-6,13,15-16H2,1-4H3/t19-/m1/s1. The number of hydrogen-bond acceptors (Lipinski definition) is 3. The summed E-state index contributed by atoms with van der Waals surface area (Å²) in [6, 6.07) is 12.4. The first-order valence-electron chi connectivity index (χ1n) is 10.1. The molecule has 156 valence electrons. The molecule has 29 heavy (non-hydrogen) atoms. The van der Waals surface area contributed by atoms with E-state index in [1.165, 1.54) is 4.31 Å². The number of amides is 1. The van der Waals surface area contributed by atoms with Gasteiger partial charge in [-0.3, -0.25) is 9.10 Å². The molecule has 1 atom stereocenters. The lowest BCUT2D eigenvalue weighted by Gasteiger charge is -2.33. The summed E-state index contributed by atoms with van der Waals surface area (Å²) in [5.74, 6) is 0.295. The third-order valence-corrected chi connectivity index (χ3v) is 7.29. The minimum Gasteiger partial charge on any atom is -0.341 e. The molecule has 6 heteroatoms. The maximum Gasteiger partial charge on any atom is 0.264 e. The van der Waals surface area contributed by atoms with Crippen LogP contribution < -0.4 is 4.31 Å². The molecule has 1 saturated heterocycles. The van der Waals surface area contributed by atoms with Gasteiger partial charge in [-0.25, -0.2) is 8.42 Å². The van der Waals surface area contributed by atoms with E-state index in [1.807, 2.05) is 32.9 Å². The summed E-state index contributed by atoms with van der Waals surface area (Å²) in [5, 5.41) is 0. The highest BCUT2D eigenvalue weighted by molar-refractivity contribution is 7.92. The third-order valence-electron chi connectivity index (χ3n) is 5.52. The van der Waals surface area contributed by atoms with Crippen molar-refractivity contribution in [3.63, 3.8) is 0 Å². The van der Waals surface area contributed by atoms with E-state index < -0.39 is 10.0 Å². The Morgan fingerprint density at radius 3 is 2.34 bits per heavy atom. The van der Waals surface area contributed by atoms with Crippen LogP contribution in [0.1, 0.15) is 36.5 Å². The van der Waals surface area contributed by atoms with Crippen LogP contribution in [0, 0.1) is 26.7 Å². The maximum absolute atomic E-state index is 13.5. The van der Waals surface area contributed by atoms with E-state index in [0.717, 1.165) is 29.5 Å². The second-order valence-electron chi connectivity index (χ2n) is 8.20. The summed E-state index contributed by atoms with van der Waals surface area (Å²) in [6.07, 6.45) is 2.06. The van der Waals surface area contributed by atoms with Gasteiger partial charge >= 0.3 is 0 Å². The fraction of sp³-hybridized carbons (Fsp3) is 0.435. The minimum atomic E-state index is -3.87. The summed E-state index contributed by atoms with van der Waals surface area (Å²) >= 11 is 0. The molecule has 0 spiro atoms. The van der Waals surface area contributed by atoms with E-state index in [-0.39, 0.29) is 17.3 Å². The Kier molecular flexibility index (Phi) is 6.32. The van der Waals surface area contributed by atoms with E-state index in [2.05, 4.69) is 6.92 Å². The number of carbonyl (C=O) groups excluding carboxylic acids is 1. The Morgan fingerprint density at radius 2 is 1.72 bits per heavy atom. The van der Waals surface area contributed by atoms with Gasteiger partial charge < -0.3 is 4.90 Å². The predicted molar refractivity (Wildman–Crippen MR) is 117 cm³/mol. The molecule has 2 aromatic rings. The number of anilines is 1. The smallest absolute Gasteiger partial charge is 0.264 e. The quantitative estimate of drug-likeness (QED) is 0.741. The molecule has 0 bridgehead atoms. The molecule has 1 amide bonds. The number of rotatable bonds is 5. The molecule has 0 aliphatic carbocycles. The van der Waals surface area contributed by atoms with Gasteiger partial charge in [0, 0.05) is 13.1 Å². The summed E-state index contributed by atoms with van der Waals surface area (Å²) in [7, 11) is -3.87. The molecule has 0 N–H and O–H groups in total. The van der Waals surface area contributed by atoms with Gasteiger partial charge in [0.1, 0.15) is 6.54 Å². The van der Waals surface area contributed by atoms with Crippen molar-refractivity contribution in [2.75, 3.05) is 23.9 Å². The van der Waals surface area contributed by atoms with Gasteiger partial charge in [0.2, 0.25) is 5.91 Å². The van der Waals surface area contributed by atoms with Gasteiger partial charge in [-0.1, -0.05) is 42.3 Å². The zero-order valence-corrected chi connectivity index (χ0v) is 18.5. The Hall–Kier alpha value is -2.34. The summed E-state index contributed by atoms with van der Waals surface area (Å²) in [5.41, 5.74) is 3.42. The zero-order chi connectivity index (χ0) is 21.2. The summed E-state index contributed by atoms with van der Waals surface area (Å²) < 4.78 is 28.3. The molecule has 5 nitrogen and oxygen atoms in total. The van der Waals surface area contributed by atoms with E-state index >= 15 is 0 Å². The summed E-state index contributed by atoms with van der Waals surface area (Å²) in [4.78, 5) is 15.1. The van der Waals surface area contributed by atoms with Crippen molar-refractivity contribution < 1.29 is 13.2 Å². The Balaban J connectivity index is 1.99. The van der Waals surface area contributed by atoms with Gasteiger partial charge in [0.25, 0.3) is 10.0 Å². The van der Waals surface area contributed by atoms with Crippen LogP contribution in [0.3, 0.4) is 0 Å². The van der Waals surface area contributed by atoms with Crippen LogP contribution >= 0.6 is 0 Å². The van der Waals surface area contributed by atoms with E-state index in [0.29, 0.717) is 24.7 Å². The molecule has 3 rings (SSSR count). The number of benzene rings is 2. The Bertz CT molecular complexity index is 984.